The van der Waals surface area contributed by atoms with E-state index in [0.29, 0.717) is 0 Å². The summed E-state index contributed by atoms with van der Waals surface area (Å²) < 4.78 is 30.7. The molecule has 0 aliphatic carbocycles. The van der Waals surface area contributed by atoms with E-state index < -0.39 is 10.4 Å². The van der Waals surface area contributed by atoms with E-state index in [1.165, 1.54) is 103 Å². The zero-order chi connectivity index (χ0) is 19.9. The fraction of sp³-hybridized carbons (Fsp3) is 1.00. The SMILES string of the molecule is CCCCCCCCCCCCCCCCNCC.CCOS(=O)(=O)O. The van der Waals surface area contributed by atoms with Crippen molar-refractivity contribution >= 4 is 10.4 Å². The standard InChI is InChI=1S/C18H39N.C2H6O4S/c1-3-5-6-7-8-9-10-11-12-13-14-15-16-17-18-19-4-2;1-2-6-7(3,4)5/h19H,3-18H2,1-2H3;2H2,1H3,(H,3,4,5). The molecule has 0 spiro atoms. The Morgan fingerprint density at radius 2 is 1.08 bits per heavy atom. The van der Waals surface area contributed by atoms with Crippen LogP contribution in [-0.2, 0) is 14.6 Å². The van der Waals surface area contributed by atoms with Gasteiger partial charge < -0.3 is 5.32 Å². The van der Waals surface area contributed by atoms with Gasteiger partial charge in [0.15, 0.2) is 0 Å². The third-order valence-corrected chi connectivity index (χ3v) is 4.76. The average Bonchev–Trinajstić information content (AvgIpc) is 2.58. The van der Waals surface area contributed by atoms with E-state index in [0.717, 1.165) is 6.54 Å². The lowest BCUT2D eigenvalue weighted by molar-refractivity contribution is 0.283. The maximum atomic E-state index is 9.56. The minimum absolute atomic E-state index is 0.0289. The topological polar surface area (TPSA) is 75.6 Å². The largest absolute Gasteiger partial charge is 0.397 e. The Bertz CT molecular complexity index is 332. The monoisotopic (exact) mass is 395 g/mol. The van der Waals surface area contributed by atoms with Crippen molar-refractivity contribution < 1.29 is 17.2 Å². The van der Waals surface area contributed by atoms with Gasteiger partial charge in [0.25, 0.3) is 0 Å². The summed E-state index contributed by atoms with van der Waals surface area (Å²) >= 11 is 0. The van der Waals surface area contributed by atoms with E-state index in [-0.39, 0.29) is 6.61 Å². The molecular formula is C20H45NO4S. The highest BCUT2D eigenvalue weighted by atomic mass is 32.3. The van der Waals surface area contributed by atoms with Crippen LogP contribution in [0.5, 0.6) is 0 Å². The number of hydrogen-bond acceptors (Lipinski definition) is 4. The van der Waals surface area contributed by atoms with Crippen molar-refractivity contribution in [1.29, 1.82) is 0 Å². The summed E-state index contributed by atoms with van der Waals surface area (Å²) in [6.07, 6.45) is 20.3. The van der Waals surface area contributed by atoms with Crippen molar-refractivity contribution in [3.05, 3.63) is 0 Å². The summed E-state index contributed by atoms with van der Waals surface area (Å²) in [5, 5.41) is 3.39. The van der Waals surface area contributed by atoms with Gasteiger partial charge >= 0.3 is 10.4 Å². The van der Waals surface area contributed by atoms with E-state index in [2.05, 4.69) is 23.3 Å². The Hall–Kier alpha value is -0.170. The maximum absolute atomic E-state index is 9.56. The maximum Gasteiger partial charge on any atom is 0.397 e. The van der Waals surface area contributed by atoms with E-state index in [1.807, 2.05) is 0 Å². The van der Waals surface area contributed by atoms with Crippen molar-refractivity contribution in [2.75, 3.05) is 19.7 Å². The Kier molecular flexibility index (Phi) is 24.7. The quantitative estimate of drug-likeness (QED) is 0.223. The van der Waals surface area contributed by atoms with Crippen molar-refractivity contribution in [3.63, 3.8) is 0 Å². The van der Waals surface area contributed by atoms with Crippen LogP contribution in [0.2, 0.25) is 0 Å². The Labute approximate surface area is 163 Å². The Morgan fingerprint density at radius 1 is 0.692 bits per heavy atom. The van der Waals surface area contributed by atoms with Gasteiger partial charge in [-0.25, -0.2) is 4.18 Å². The lowest BCUT2D eigenvalue weighted by Gasteiger charge is -2.03. The minimum atomic E-state index is -4.17. The van der Waals surface area contributed by atoms with Crippen LogP contribution in [0.15, 0.2) is 0 Å². The smallest absolute Gasteiger partial charge is 0.317 e. The molecule has 0 fully saturated rings. The summed E-state index contributed by atoms with van der Waals surface area (Å²) in [5.41, 5.74) is 0. The molecule has 0 rings (SSSR count). The molecule has 26 heavy (non-hydrogen) atoms. The lowest BCUT2D eigenvalue weighted by atomic mass is 10.0. The molecule has 160 valence electrons. The molecule has 0 radical (unpaired) electrons. The summed E-state index contributed by atoms with van der Waals surface area (Å²) in [4.78, 5) is 0. The molecule has 0 aromatic rings. The van der Waals surface area contributed by atoms with Gasteiger partial charge in [-0.3, -0.25) is 4.55 Å². The van der Waals surface area contributed by atoms with Crippen molar-refractivity contribution in [2.24, 2.45) is 0 Å². The highest BCUT2D eigenvalue weighted by Crippen LogP contribution is 2.12. The fourth-order valence-corrected chi connectivity index (χ4v) is 3.07. The zero-order valence-corrected chi connectivity index (χ0v) is 18.4. The molecule has 2 N–H and O–H groups in total. The van der Waals surface area contributed by atoms with Gasteiger partial charge in [0, 0.05) is 0 Å². The highest BCUT2D eigenvalue weighted by molar-refractivity contribution is 7.80. The van der Waals surface area contributed by atoms with Crippen molar-refractivity contribution in [3.8, 4) is 0 Å². The van der Waals surface area contributed by atoms with Gasteiger partial charge in [-0.15, -0.1) is 0 Å². The van der Waals surface area contributed by atoms with Gasteiger partial charge in [0.2, 0.25) is 0 Å². The minimum Gasteiger partial charge on any atom is -0.317 e. The molecule has 0 amide bonds. The molecular weight excluding hydrogens is 350 g/mol. The van der Waals surface area contributed by atoms with Gasteiger partial charge in [-0.1, -0.05) is 97.3 Å². The second-order valence-electron chi connectivity index (χ2n) is 6.78. The summed E-state index contributed by atoms with van der Waals surface area (Å²) in [6, 6.07) is 0. The predicted octanol–water partition coefficient (Wildman–Crippen LogP) is 5.90. The van der Waals surface area contributed by atoms with Crippen LogP contribution < -0.4 is 5.32 Å². The second kappa shape index (κ2) is 22.9. The molecule has 0 aliphatic rings. The zero-order valence-electron chi connectivity index (χ0n) is 17.6. The third-order valence-electron chi connectivity index (χ3n) is 4.22. The van der Waals surface area contributed by atoms with E-state index >= 15 is 0 Å². The first-order chi connectivity index (χ1) is 12.5. The molecule has 0 bridgehead atoms. The molecule has 0 saturated heterocycles. The van der Waals surface area contributed by atoms with Gasteiger partial charge in [-0.05, 0) is 26.4 Å². The number of hydrogen-bond donors (Lipinski definition) is 2. The Balaban J connectivity index is 0. The van der Waals surface area contributed by atoms with Crippen LogP contribution >= 0.6 is 0 Å². The summed E-state index contributed by atoms with van der Waals surface area (Å²) in [7, 11) is -4.17. The van der Waals surface area contributed by atoms with E-state index in [4.69, 9.17) is 4.55 Å². The van der Waals surface area contributed by atoms with Crippen LogP contribution in [0.3, 0.4) is 0 Å². The summed E-state index contributed by atoms with van der Waals surface area (Å²) in [6.45, 7) is 8.25. The van der Waals surface area contributed by atoms with E-state index in [9.17, 15) is 8.42 Å². The number of nitrogens with one attached hydrogen (secondary N) is 1. The molecule has 5 nitrogen and oxygen atoms in total. The number of rotatable bonds is 18. The van der Waals surface area contributed by atoms with Gasteiger partial charge in [0.1, 0.15) is 0 Å². The first-order valence-electron chi connectivity index (χ1n) is 10.8. The normalized spacial score (nSPS) is 11.2. The Morgan fingerprint density at radius 3 is 1.35 bits per heavy atom. The number of unbranched alkanes of at least 4 members (excludes halogenated alkanes) is 13. The summed E-state index contributed by atoms with van der Waals surface area (Å²) in [5.74, 6) is 0. The predicted molar refractivity (Wildman–Crippen MR) is 112 cm³/mol. The van der Waals surface area contributed by atoms with E-state index in [1.54, 1.807) is 0 Å². The van der Waals surface area contributed by atoms with Crippen LogP contribution in [0, 0.1) is 0 Å². The average molecular weight is 396 g/mol. The highest BCUT2D eigenvalue weighted by Gasteiger charge is 1.98. The van der Waals surface area contributed by atoms with Crippen molar-refractivity contribution in [1.82, 2.24) is 5.32 Å². The van der Waals surface area contributed by atoms with Crippen LogP contribution in [-0.4, -0.2) is 32.7 Å². The third kappa shape index (κ3) is 31.6. The van der Waals surface area contributed by atoms with Gasteiger partial charge in [-0.2, -0.15) is 8.42 Å². The molecule has 0 unspecified atom stereocenters. The molecule has 0 aromatic carbocycles. The second-order valence-corrected chi connectivity index (χ2v) is 7.88. The molecule has 0 heterocycles. The molecule has 0 saturated carbocycles. The molecule has 0 aromatic heterocycles. The van der Waals surface area contributed by atoms with Gasteiger partial charge in [0.05, 0.1) is 6.61 Å². The van der Waals surface area contributed by atoms with Crippen LogP contribution in [0.4, 0.5) is 0 Å². The molecule has 0 aliphatic heterocycles. The first kappa shape index (κ1) is 28.0. The molecule has 6 heteroatoms. The lowest BCUT2D eigenvalue weighted by Crippen LogP contribution is -2.13. The molecule has 0 atom stereocenters. The first-order valence-corrected chi connectivity index (χ1v) is 12.2. The van der Waals surface area contributed by atoms with Crippen molar-refractivity contribution in [2.45, 2.75) is 111 Å². The van der Waals surface area contributed by atoms with Crippen LogP contribution in [0.25, 0.3) is 0 Å². The van der Waals surface area contributed by atoms with Crippen LogP contribution in [0.1, 0.15) is 111 Å². The fourth-order valence-electron chi connectivity index (χ4n) is 2.77.